The van der Waals surface area contributed by atoms with E-state index in [0.717, 1.165) is 5.69 Å². The molecule has 78 valence electrons. The van der Waals surface area contributed by atoms with Crippen molar-refractivity contribution in [3.8, 4) is 6.07 Å². The molecule has 0 spiro atoms. The van der Waals surface area contributed by atoms with Gasteiger partial charge in [0.05, 0.1) is 11.6 Å². The number of nitrogens with one attached hydrogen (secondary N) is 2. The van der Waals surface area contributed by atoms with E-state index in [2.05, 4.69) is 10.6 Å². The lowest BCUT2D eigenvalue weighted by atomic mass is 10.2. The summed E-state index contributed by atoms with van der Waals surface area (Å²) in [5.74, 6) is 0. The van der Waals surface area contributed by atoms with Crippen molar-refractivity contribution in [2.24, 2.45) is 5.73 Å². The third-order valence-corrected chi connectivity index (χ3v) is 1.77. The Labute approximate surface area is 87.9 Å². The monoisotopic (exact) mass is 204 g/mol. The average Bonchev–Trinajstić information content (AvgIpc) is 2.25. The quantitative estimate of drug-likeness (QED) is 0.628. The number of rotatable bonds is 4. The van der Waals surface area contributed by atoms with Crippen molar-refractivity contribution in [2.45, 2.75) is 0 Å². The van der Waals surface area contributed by atoms with Crippen LogP contribution >= 0.6 is 0 Å². The highest BCUT2D eigenvalue weighted by Gasteiger charge is 1.93. The van der Waals surface area contributed by atoms with Crippen LogP contribution in [-0.4, -0.2) is 19.1 Å². The molecule has 1 rings (SSSR count). The third-order valence-electron chi connectivity index (χ3n) is 1.77. The van der Waals surface area contributed by atoms with Crippen molar-refractivity contribution < 1.29 is 4.79 Å². The molecule has 1 aromatic rings. The van der Waals surface area contributed by atoms with Crippen LogP contribution in [-0.2, 0) is 0 Å². The van der Waals surface area contributed by atoms with E-state index >= 15 is 0 Å². The zero-order valence-electron chi connectivity index (χ0n) is 8.16. The van der Waals surface area contributed by atoms with Gasteiger partial charge in [-0.2, -0.15) is 5.26 Å². The number of nitriles is 1. The zero-order valence-corrected chi connectivity index (χ0v) is 8.16. The molecule has 0 aliphatic rings. The maximum absolute atomic E-state index is 10.3. The molecule has 5 nitrogen and oxygen atoms in total. The Hall–Kier alpha value is -2.22. The van der Waals surface area contributed by atoms with E-state index in [9.17, 15) is 4.79 Å². The molecule has 15 heavy (non-hydrogen) atoms. The summed E-state index contributed by atoms with van der Waals surface area (Å²) in [6, 6.07) is 8.57. The minimum atomic E-state index is -0.531. The van der Waals surface area contributed by atoms with Crippen molar-refractivity contribution in [3.05, 3.63) is 29.8 Å². The molecule has 0 saturated heterocycles. The van der Waals surface area contributed by atoms with Crippen molar-refractivity contribution in [2.75, 3.05) is 18.4 Å². The lowest BCUT2D eigenvalue weighted by Crippen LogP contribution is -2.33. The Morgan fingerprint density at radius 1 is 1.33 bits per heavy atom. The molecule has 5 heteroatoms. The van der Waals surface area contributed by atoms with E-state index < -0.39 is 6.03 Å². The number of anilines is 1. The zero-order chi connectivity index (χ0) is 11.1. The Balaban J connectivity index is 2.32. The molecule has 0 radical (unpaired) electrons. The summed E-state index contributed by atoms with van der Waals surface area (Å²) in [5.41, 5.74) is 6.42. The number of amides is 2. The predicted octanol–water partition coefficient (Wildman–Crippen LogP) is 0.638. The van der Waals surface area contributed by atoms with Crippen molar-refractivity contribution in [1.82, 2.24) is 5.32 Å². The highest BCUT2D eigenvalue weighted by Crippen LogP contribution is 2.07. The smallest absolute Gasteiger partial charge is 0.312 e. The number of nitrogens with two attached hydrogens (primary N) is 1. The molecule has 4 N–H and O–H groups in total. The highest BCUT2D eigenvalue weighted by atomic mass is 16.2. The van der Waals surface area contributed by atoms with Gasteiger partial charge in [0.25, 0.3) is 0 Å². The standard InChI is InChI=1S/C10H12N4O/c11-7-8-1-3-9(4-2-8)13-5-6-14-10(12)15/h1-4,13H,5-6H2,(H3,12,14,15). The Bertz CT molecular complexity index is 366. The SMILES string of the molecule is N#Cc1ccc(NCCNC(N)=O)cc1. The van der Waals surface area contributed by atoms with Crippen LogP contribution in [0.15, 0.2) is 24.3 Å². The van der Waals surface area contributed by atoms with Gasteiger partial charge in [0.2, 0.25) is 0 Å². The van der Waals surface area contributed by atoms with Gasteiger partial charge >= 0.3 is 6.03 Å². The van der Waals surface area contributed by atoms with E-state index in [4.69, 9.17) is 11.0 Å². The third kappa shape index (κ3) is 4.00. The van der Waals surface area contributed by atoms with Gasteiger partial charge in [-0.15, -0.1) is 0 Å². The van der Waals surface area contributed by atoms with Crippen molar-refractivity contribution >= 4 is 11.7 Å². The second kappa shape index (κ2) is 5.50. The Morgan fingerprint density at radius 2 is 2.00 bits per heavy atom. The summed E-state index contributed by atoms with van der Waals surface area (Å²) >= 11 is 0. The summed E-state index contributed by atoms with van der Waals surface area (Å²) in [4.78, 5) is 10.3. The van der Waals surface area contributed by atoms with E-state index in [0.29, 0.717) is 18.7 Å². The second-order valence-corrected chi connectivity index (χ2v) is 2.91. The summed E-state index contributed by atoms with van der Waals surface area (Å²) in [6.45, 7) is 1.06. The van der Waals surface area contributed by atoms with Crippen LogP contribution in [0.3, 0.4) is 0 Å². The summed E-state index contributed by atoms with van der Waals surface area (Å²) in [5, 5.41) is 14.1. The summed E-state index contributed by atoms with van der Waals surface area (Å²) < 4.78 is 0. The topological polar surface area (TPSA) is 90.9 Å². The van der Waals surface area contributed by atoms with Crippen LogP contribution in [0.1, 0.15) is 5.56 Å². The van der Waals surface area contributed by atoms with Gasteiger partial charge in [-0.05, 0) is 24.3 Å². The molecule has 0 bridgehead atoms. The van der Waals surface area contributed by atoms with Crippen LogP contribution in [0.2, 0.25) is 0 Å². The van der Waals surface area contributed by atoms with Crippen molar-refractivity contribution in [3.63, 3.8) is 0 Å². The van der Waals surface area contributed by atoms with Gasteiger partial charge in [-0.25, -0.2) is 4.79 Å². The molecule has 1 aromatic carbocycles. The molecule has 0 atom stereocenters. The number of carbonyl (C=O) groups is 1. The fourth-order valence-electron chi connectivity index (χ4n) is 1.06. The van der Waals surface area contributed by atoms with Gasteiger partial charge in [-0.1, -0.05) is 0 Å². The van der Waals surface area contributed by atoms with Gasteiger partial charge in [0.15, 0.2) is 0 Å². The second-order valence-electron chi connectivity index (χ2n) is 2.91. The van der Waals surface area contributed by atoms with Gasteiger partial charge in [0.1, 0.15) is 0 Å². The number of hydrogen-bond acceptors (Lipinski definition) is 3. The fraction of sp³-hybridized carbons (Fsp3) is 0.200. The van der Waals surface area contributed by atoms with Crippen molar-refractivity contribution in [1.29, 1.82) is 5.26 Å². The lowest BCUT2D eigenvalue weighted by molar-refractivity contribution is 0.249. The molecular formula is C10H12N4O. The first-order chi connectivity index (χ1) is 7.22. The Kier molecular flexibility index (Phi) is 3.98. The first kappa shape index (κ1) is 10.9. The maximum Gasteiger partial charge on any atom is 0.312 e. The summed E-state index contributed by atoms with van der Waals surface area (Å²) in [6.07, 6.45) is 0. The number of benzene rings is 1. The molecule has 0 heterocycles. The van der Waals surface area contributed by atoms with Gasteiger partial charge in [-0.3, -0.25) is 0 Å². The molecule has 0 aliphatic heterocycles. The molecule has 0 fully saturated rings. The number of nitrogens with zero attached hydrogens (tertiary/aromatic N) is 1. The Morgan fingerprint density at radius 3 is 2.53 bits per heavy atom. The van der Waals surface area contributed by atoms with Crippen LogP contribution in [0, 0.1) is 11.3 Å². The molecule has 0 aromatic heterocycles. The van der Waals surface area contributed by atoms with E-state index in [1.54, 1.807) is 12.1 Å². The number of urea groups is 1. The average molecular weight is 204 g/mol. The first-order valence-electron chi connectivity index (χ1n) is 4.49. The number of primary amides is 1. The largest absolute Gasteiger partial charge is 0.383 e. The van der Waals surface area contributed by atoms with Crippen LogP contribution in [0.5, 0.6) is 0 Å². The van der Waals surface area contributed by atoms with Gasteiger partial charge < -0.3 is 16.4 Å². The first-order valence-corrected chi connectivity index (χ1v) is 4.49. The highest BCUT2D eigenvalue weighted by molar-refractivity contribution is 5.71. The minimum Gasteiger partial charge on any atom is -0.383 e. The molecular weight excluding hydrogens is 192 g/mol. The fourth-order valence-corrected chi connectivity index (χ4v) is 1.06. The summed E-state index contributed by atoms with van der Waals surface area (Å²) in [7, 11) is 0. The molecule has 0 saturated carbocycles. The van der Waals surface area contributed by atoms with E-state index in [1.807, 2.05) is 18.2 Å². The number of carbonyl (C=O) groups excluding carboxylic acids is 1. The van der Waals surface area contributed by atoms with E-state index in [1.165, 1.54) is 0 Å². The molecule has 0 unspecified atom stereocenters. The van der Waals surface area contributed by atoms with Crippen LogP contribution in [0.4, 0.5) is 10.5 Å². The molecule has 0 aliphatic carbocycles. The van der Waals surface area contributed by atoms with Crippen LogP contribution < -0.4 is 16.4 Å². The van der Waals surface area contributed by atoms with E-state index in [-0.39, 0.29) is 0 Å². The lowest BCUT2D eigenvalue weighted by Gasteiger charge is -2.06. The maximum atomic E-state index is 10.3. The minimum absolute atomic E-state index is 0.468. The normalized spacial score (nSPS) is 9.00. The predicted molar refractivity (Wildman–Crippen MR) is 57.2 cm³/mol. The number of hydrogen-bond donors (Lipinski definition) is 3. The molecule has 2 amide bonds. The van der Waals surface area contributed by atoms with Crippen LogP contribution in [0.25, 0.3) is 0 Å². The van der Waals surface area contributed by atoms with Gasteiger partial charge in [0, 0.05) is 18.8 Å².